The van der Waals surface area contributed by atoms with Crippen LogP contribution in [0.1, 0.15) is 13.8 Å². The average Bonchev–Trinajstić information content (AvgIpc) is 2.44. The number of rotatable bonds is 7. The van der Waals surface area contributed by atoms with Crippen molar-refractivity contribution in [1.29, 1.82) is 0 Å². The van der Waals surface area contributed by atoms with Gasteiger partial charge in [0.25, 0.3) is 0 Å². The summed E-state index contributed by atoms with van der Waals surface area (Å²) in [6.07, 6.45) is 1.73. The lowest BCUT2D eigenvalue weighted by Crippen LogP contribution is -2.36. The second-order valence-corrected chi connectivity index (χ2v) is 4.20. The highest BCUT2D eigenvalue weighted by Gasteiger charge is 2.24. The number of ether oxygens (including phenoxy) is 2. The Morgan fingerprint density at radius 2 is 2.05 bits per heavy atom. The van der Waals surface area contributed by atoms with E-state index < -0.39 is 6.04 Å². The van der Waals surface area contributed by atoms with Crippen molar-refractivity contribution in [3.05, 3.63) is 36.9 Å². The summed E-state index contributed by atoms with van der Waals surface area (Å²) in [5.74, 6) is 0.474. The summed E-state index contributed by atoms with van der Waals surface area (Å²) in [6, 6.07) is 6.96. The van der Waals surface area contributed by atoms with E-state index in [9.17, 15) is 4.79 Å². The van der Waals surface area contributed by atoms with Gasteiger partial charge in [-0.3, -0.25) is 0 Å². The Labute approximate surface area is 114 Å². The molecule has 104 valence electrons. The van der Waals surface area contributed by atoms with E-state index in [1.165, 1.54) is 0 Å². The molecule has 0 aromatic heterocycles. The number of anilines is 1. The van der Waals surface area contributed by atoms with E-state index >= 15 is 0 Å². The first-order chi connectivity index (χ1) is 9.12. The van der Waals surface area contributed by atoms with Crippen LogP contribution in [0.25, 0.3) is 0 Å². The Kier molecular flexibility index (Phi) is 5.93. The molecule has 1 aromatic carbocycles. The van der Waals surface area contributed by atoms with Crippen molar-refractivity contribution in [1.82, 2.24) is 0 Å². The molecule has 0 saturated carbocycles. The molecule has 2 atom stereocenters. The summed E-state index contributed by atoms with van der Waals surface area (Å²) >= 11 is 0. The van der Waals surface area contributed by atoms with Gasteiger partial charge in [-0.05, 0) is 31.2 Å². The third-order valence-corrected chi connectivity index (χ3v) is 2.85. The largest absolute Gasteiger partial charge is 0.497 e. The minimum atomic E-state index is -0.439. The third-order valence-electron chi connectivity index (χ3n) is 2.85. The molecular formula is C15H21NO3. The van der Waals surface area contributed by atoms with Crippen LogP contribution in [0.3, 0.4) is 0 Å². The Balaban J connectivity index is 2.80. The van der Waals surface area contributed by atoms with Gasteiger partial charge in [0.05, 0.1) is 13.7 Å². The van der Waals surface area contributed by atoms with E-state index in [0.29, 0.717) is 6.61 Å². The Morgan fingerprint density at radius 3 is 2.53 bits per heavy atom. The SMILES string of the molecule is C=C[C@H](C)[C@H](Nc1ccc(OC)cc1)C(=O)OCC. The fraction of sp³-hybridized carbons (Fsp3) is 0.400. The summed E-state index contributed by atoms with van der Waals surface area (Å²) in [6.45, 7) is 7.80. The summed E-state index contributed by atoms with van der Waals surface area (Å²) in [4.78, 5) is 11.9. The van der Waals surface area contributed by atoms with Crippen molar-refractivity contribution < 1.29 is 14.3 Å². The molecule has 0 fully saturated rings. The van der Waals surface area contributed by atoms with Gasteiger partial charge in [0, 0.05) is 11.6 Å². The molecule has 0 aliphatic heterocycles. The fourth-order valence-corrected chi connectivity index (χ4v) is 1.64. The van der Waals surface area contributed by atoms with E-state index in [4.69, 9.17) is 9.47 Å². The van der Waals surface area contributed by atoms with Crippen LogP contribution in [0.4, 0.5) is 5.69 Å². The molecule has 19 heavy (non-hydrogen) atoms. The van der Waals surface area contributed by atoms with Gasteiger partial charge in [0.15, 0.2) is 0 Å². The van der Waals surface area contributed by atoms with Crippen LogP contribution in [0, 0.1) is 5.92 Å². The fourth-order valence-electron chi connectivity index (χ4n) is 1.64. The molecule has 0 saturated heterocycles. The first kappa shape index (κ1) is 15.1. The maximum atomic E-state index is 11.9. The highest BCUT2D eigenvalue weighted by Crippen LogP contribution is 2.18. The van der Waals surface area contributed by atoms with Crippen LogP contribution in [0.5, 0.6) is 5.75 Å². The second kappa shape index (κ2) is 7.46. The van der Waals surface area contributed by atoms with E-state index in [0.717, 1.165) is 11.4 Å². The summed E-state index contributed by atoms with van der Waals surface area (Å²) < 4.78 is 10.2. The number of carbonyl (C=O) groups is 1. The van der Waals surface area contributed by atoms with Crippen LogP contribution in [-0.4, -0.2) is 25.7 Å². The van der Waals surface area contributed by atoms with Gasteiger partial charge >= 0.3 is 5.97 Å². The van der Waals surface area contributed by atoms with Gasteiger partial charge in [-0.2, -0.15) is 0 Å². The van der Waals surface area contributed by atoms with Crippen molar-refractivity contribution >= 4 is 11.7 Å². The lowest BCUT2D eigenvalue weighted by molar-refractivity contribution is -0.144. The number of carbonyl (C=O) groups excluding carboxylic acids is 1. The predicted molar refractivity (Wildman–Crippen MR) is 76.4 cm³/mol. The van der Waals surface area contributed by atoms with Crippen LogP contribution >= 0.6 is 0 Å². The first-order valence-electron chi connectivity index (χ1n) is 6.32. The Morgan fingerprint density at radius 1 is 1.42 bits per heavy atom. The van der Waals surface area contributed by atoms with Crippen molar-refractivity contribution in [3.63, 3.8) is 0 Å². The lowest BCUT2D eigenvalue weighted by atomic mass is 10.0. The number of benzene rings is 1. The van der Waals surface area contributed by atoms with E-state index in [-0.39, 0.29) is 11.9 Å². The maximum absolute atomic E-state index is 11.9. The third kappa shape index (κ3) is 4.32. The molecule has 0 bridgehead atoms. The zero-order valence-corrected chi connectivity index (χ0v) is 11.7. The quantitative estimate of drug-likeness (QED) is 0.607. The normalized spacial score (nSPS) is 13.2. The number of hydrogen-bond acceptors (Lipinski definition) is 4. The lowest BCUT2D eigenvalue weighted by Gasteiger charge is -2.22. The number of esters is 1. The van der Waals surface area contributed by atoms with Gasteiger partial charge in [-0.15, -0.1) is 6.58 Å². The highest BCUT2D eigenvalue weighted by atomic mass is 16.5. The van der Waals surface area contributed by atoms with E-state index in [1.807, 2.05) is 31.2 Å². The summed E-state index contributed by atoms with van der Waals surface area (Å²) in [5.41, 5.74) is 0.840. The zero-order valence-electron chi connectivity index (χ0n) is 11.7. The van der Waals surface area contributed by atoms with Gasteiger partial charge < -0.3 is 14.8 Å². The van der Waals surface area contributed by atoms with Crippen LogP contribution in [0.2, 0.25) is 0 Å². The topological polar surface area (TPSA) is 47.6 Å². The minimum absolute atomic E-state index is 0.0267. The molecular weight excluding hydrogens is 242 g/mol. The Hall–Kier alpha value is -1.97. The predicted octanol–water partition coefficient (Wildman–Crippen LogP) is 2.86. The highest BCUT2D eigenvalue weighted by molar-refractivity contribution is 5.80. The van der Waals surface area contributed by atoms with Crippen LogP contribution < -0.4 is 10.1 Å². The Bertz CT molecular complexity index is 414. The smallest absolute Gasteiger partial charge is 0.329 e. The number of nitrogens with one attached hydrogen (secondary N) is 1. The molecule has 1 N–H and O–H groups in total. The molecule has 4 nitrogen and oxygen atoms in total. The van der Waals surface area contributed by atoms with Gasteiger partial charge in [0.2, 0.25) is 0 Å². The van der Waals surface area contributed by atoms with Crippen molar-refractivity contribution in [2.45, 2.75) is 19.9 Å². The van der Waals surface area contributed by atoms with Crippen molar-refractivity contribution in [2.75, 3.05) is 19.0 Å². The minimum Gasteiger partial charge on any atom is -0.497 e. The number of methoxy groups -OCH3 is 1. The molecule has 0 aliphatic rings. The maximum Gasteiger partial charge on any atom is 0.329 e. The standard InChI is InChI=1S/C15H21NO3/c1-5-11(3)14(15(17)19-6-2)16-12-7-9-13(18-4)10-8-12/h5,7-11,14,16H,1,6H2,2-4H3/t11-,14-/m0/s1. The molecule has 0 unspecified atom stereocenters. The van der Waals surface area contributed by atoms with Gasteiger partial charge in [-0.1, -0.05) is 13.0 Å². The molecule has 4 heteroatoms. The van der Waals surface area contributed by atoms with Gasteiger partial charge in [-0.25, -0.2) is 4.79 Å². The first-order valence-corrected chi connectivity index (χ1v) is 6.32. The molecule has 1 rings (SSSR count). The van der Waals surface area contributed by atoms with Crippen molar-refractivity contribution in [2.24, 2.45) is 5.92 Å². The van der Waals surface area contributed by atoms with Crippen LogP contribution in [0.15, 0.2) is 36.9 Å². The van der Waals surface area contributed by atoms with Crippen molar-refractivity contribution in [3.8, 4) is 5.75 Å². The van der Waals surface area contributed by atoms with Gasteiger partial charge in [0.1, 0.15) is 11.8 Å². The average molecular weight is 263 g/mol. The molecule has 1 aromatic rings. The number of hydrogen-bond donors (Lipinski definition) is 1. The molecule has 0 spiro atoms. The summed E-state index contributed by atoms with van der Waals surface area (Å²) in [5, 5.41) is 3.16. The van der Waals surface area contributed by atoms with E-state index in [2.05, 4.69) is 11.9 Å². The monoisotopic (exact) mass is 263 g/mol. The van der Waals surface area contributed by atoms with Crippen LogP contribution in [-0.2, 0) is 9.53 Å². The molecule has 0 heterocycles. The zero-order chi connectivity index (χ0) is 14.3. The molecule has 0 aliphatic carbocycles. The molecule has 0 radical (unpaired) electrons. The summed E-state index contributed by atoms with van der Waals surface area (Å²) in [7, 11) is 1.61. The second-order valence-electron chi connectivity index (χ2n) is 4.20. The van der Waals surface area contributed by atoms with E-state index in [1.54, 1.807) is 20.1 Å². The molecule has 0 amide bonds.